The molecule has 0 fully saturated rings. The number of amides is 1. The summed E-state index contributed by atoms with van der Waals surface area (Å²) in [5.41, 5.74) is 2.26. The van der Waals surface area contributed by atoms with E-state index in [9.17, 15) is 9.59 Å². The van der Waals surface area contributed by atoms with Gasteiger partial charge in [-0.15, -0.1) is 0 Å². The van der Waals surface area contributed by atoms with E-state index in [2.05, 4.69) is 18.8 Å². The molecule has 0 aliphatic carbocycles. The average molecular weight is 290 g/mol. The minimum Gasteiger partial charge on any atom is -0.408 e. The van der Waals surface area contributed by atoms with E-state index in [-0.39, 0.29) is 5.91 Å². The van der Waals surface area contributed by atoms with E-state index < -0.39 is 5.76 Å². The van der Waals surface area contributed by atoms with Crippen molar-refractivity contribution in [3.8, 4) is 0 Å². The number of carbonyl (C=O) groups is 1. The van der Waals surface area contributed by atoms with Gasteiger partial charge in [0.2, 0.25) is 5.91 Å². The van der Waals surface area contributed by atoms with Crippen molar-refractivity contribution in [1.82, 2.24) is 9.88 Å². The van der Waals surface area contributed by atoms with Crippen LogP contribution in [0.15, 0.2) is 27.4 Å². The summed E-state index contributed by atoms with van der Waals surface area (Å²) in [6.45, 7) is 5.81. The van der Waals surface area contributed by atoms with Crippen LogP contribution in [0.25, 0.3) is 11.1 Å². The molecule has 0 bridgehead atoms. The molecule has 1 N–H and O–H groups in total. The van der Waals surface area contributed by atoms with Crippen LogP contribution in [0.5, 0.6) is 0 Å². The highest BCUT2D eigenvalue weighted by atomic mass is 16.4. The Hall–Kier alpha value is -2.04. The van der Waals surface area contributed by atoms with Gasteiger partial charge >= 0.3 is 5.76 Å². The summed E-state index contributed by atoms with van der Waals surface area (Å²) in [6.07, 6.45) is 3.13. The van der Waals surface area contributed by atoms with Crippen LogP contribution in [0, 0.1) is 0 Å². The molecule has 1 amide bonds. The second-order valence-electron chi connectivity index (χ2n) is 5.23. The Labute approximate surface area is 123 Å². The Bertz CT molecular complexity index is 651. The topological polar surface area (TPSA) is 66.3 Å². The lowest BCUT2D eigenvalue weighted by Crippen LogP contribution is -2.32. The minimum absolute atomic E-state index is 0.194. The molecule has 2 aromatic rings. The smallest absolute Gasteiger partial charge is 0.408 e. The first kappa shape index (κ1) is 15.4. The summed E-state index contributed by atoms with van der Waals surface area (Å²) in [5.74, 6) is -0.255. The molecule has 114 valence electrons. The van der Waals surface area contributed by atoms with Crippen LogP contribution >= 0.6 is 0 Å². The number of benzene rings is 1. The molecule has 0 unspecified atom stereocenters. The Balaban J connectivity index is 1.99. The average Bonchev–Trinajstić information content (AvgIpc) is 2.83. The lowest BCUT2D eigenvalue weighted by atomic mass is 10.1. The maximum atomic E-state index is 12.2. The van der Waals surface area contributed by atoms with Gasteiger partial charge in [0.05, 0.1) is 5.52 Å². The predicted octanol–water partition coefficient (Wildman–Crippen LogP) is 2.70. The lowest BCUT2D eigenvalue weighted by molar-refractivity contribution is -0.131. The van der Waals surface area contributed by atoms with E-state index in [1.807, 2.05) is 17.0 Å². The summed E-state index contributed by atoms with van der Waals surface area (Å²) < 4.78 is 4.96. The first-order chi connectivity index (χ1) is 10.1. The fraction of sp³-hybridized carbons (Fsp3) is 0.500. The van der Waals surface area contributed by atoms with Crippen molar-refractivity contribution in [3.63, 3.8) is 0 Å². The molecule has 0 saturated heterocycles. The van der Waals surface area contributed by atoms with Gasteiger partial charge in [0.1, 0.15) is 0 Å². The van der Waals surface area contributed by atoms with Crippen molar-refractivity contribution in [2.45, 2.75) is 39.5 Å². The fourth-order valence-electron chi connectivity index (χ4n) is 2.47. The summed E-state index contributed by atoms with van der Waals surface area (Å²) in [7, 11) is 0. The highest BCUT2D eigenvalue weighted by Gasteiger charge is 2.12. The molecule has 21 heavy (non-hydrogen) atoms. The van der Waals surface area contributed by atoms with Crippen LogP contribution in [-0.4, -0.2) is 28.9 Å². The molecule has 1 heterocycles. The van der Waals surface area contributed by atoms with Crippen molar-refractivity contribution >= 4 is 17.0 Å². The summed E-state index contributed by atoms with van der Waals surface area (Å²) in [6, 6.07) is 5.54. The number of hydrogen-bond acceptors (Lipinski definition) is 3. The van der Waals surface area contributed by atoms with E-state index in [4.69, 9.17) is 4.42 Å². The van der Waals surface area contributed by atoms with E-state index >= 15 is 0 Å². The van der Waals surface area contributed by atoms with Crippen LogP contribution < -0.4 is 5.76 Å². The monoisotopic (exact) mass is 290 g/mol. The van der Waals surface area contributed by atoms with Crippen LogP contribution in [-0.2, 0) is 11.2 Å². The molecule has 0 spiro atoms. The standard InChI is InChI=1S/C16H22N2O3/c1-3-9-18(10-4-2)15(19)8-6-12-5-7-14-13(11-12)17-16(20)21-14/h5,7,11H,3-4,6,8-10H2,1-2H3,(H,17,20). The fourth-order valence-corrected chi connectivity index (χ4v) is 2.47. The van der Waals surface area contributed by atoms with Gasteiger partial charge in [-0.1, -0.05) is 19.9 Å². The first-order valence-corrected chi connectivity index (χ1v) is 7.53. The number of nitrogens with one attached hydrogen (secondary N) is 1. The van der Waals surface area contributed by atoms with Crippen molar-refractivity contribution in [2.75, 3.05) is 13.1 Å². The number of rotatable bonds is 7. The van der Waals surface area contributed by atoms with Crippen LogP contribution in [0.4, 0.5) is 0 Å². The Morgan fingerprint density at radius 3 is 2.62 bits per heavy atom. The van der Waals surface area contributed by atoms with Gasteiger partial charge in [-0.3, -0.25) is 9.78 Å². The number of carbonyl (C=O) groups excluding carboxylic acids is 1. The van der Waals surface area contributed by atoms with Gasteiger partial charge in [-0.25, -0.2) is 4.79 Å². The van der Waals surface area contributed by atoms with Crippen LogP contribution in [0.3, 0.4) is 0 Å². The van der Waals surface area contributed by atoms with E-state index in [1.54, 1.807) is 6.07 Å². The van der Waals surface area contributed by atoms with E-state index in [1.165, 1.54) is 0 Å². The minimum atomic E-state index is -0.449. The van der Waals surface area contributed by atoms with Crippen molar-refractivity contribution < 1.29 is 9.21 Å². The molecule has 1 aromatic carbocycles. The van der Waals surface area contributed by atoms with Gasteiger partial charge in [0.25, 0.3) is 0 Å². The number of fused-ring (bicyclic) bond motifs is 1. The zero-order chi connectivity index (χ0) is 15.2. The molecule has 5 nitrogen and oxygen atoms in total. The second kappa shape index (κ2) is 7.11. The van der Waals surface area contributed by atoms with Gasteiger partial charge < -0.3 is 9.32 Å². The molecular weight excluding hydrogens is 268 g/mol. The molecule has 0 aliphatic heterocycles. The Kier molecular flexibility index (Phi) is 5.20. The van der Waals surface area contributed by atoms with Gasteiger partial charge in [-0.2, -0.15) is 0 Å². The summed E-state index contributed by atoms with van der Waals surface area (Å²) in [4.78, 5) is 27.9. The van der Waals surface area contributed by atoms with Gasteiger partial charge in [0.15, 0.2) is 5.58 Å². The molecule has 2 rings (SSSR count). The first-order valence-electron chi connectivity index (χ1n) is 7.53. The normalized spacial score (nSPS) is 11.0. The summed E-state index contributed by atoms with van der Waals surface area (Å²) in [5, 5.41) is 0. The third-order valence-electron chi connectivity index (χ3n) is 3.45. The number of oxazole rings is 1. The molecule has 5 heteroatoms. The molecule has 0 aliphatic rings. The molecule has 0 atom stereocenters. The largest absolute Gasteiger partial charge is 0.417 e. The zero-order valence-electron chi connectivity index (χ0n) is 12.6. The van der Waals surface area contributed by atoms with Gasteiger partial charge in [-0.05, 0) is 37.0 Å². The zero-order valence-corrected chi connectivity index (χ0v) is 12.6. The van der Waals surface area contributed by atoms with Crippen molar-refractivity contribution in [3.05, 3.63) is 34.3 Å². The number of aryl methyl sites for hydroxylation is 1. The SMILES string of the molecule is CCCN(CCC)C(=O)CCc1ccc2oc(=O)[nH]c2c1. The number of H-pyrrole nitrogens is 1. The number of hydrogen-bond donors (Lipinski definition) is 1. The van der Waals surface area contributed by atoms with E-state index in [0.717, 1.165) is 31.5 Å². The van der Waals surface area contributed by atoms with Crippen LogP contribution in [0.2, 0.25) is 0 Å². The molecule has 1 aromatic heterocycles. The third kappa shape index (κ3) is 3.97. The molecule has 0 saturated carbocycles. The third-order valence-corrected chi connectivity index (χ3v) is 3.45. The lowest BCUT2D eigenvalue weighted by Gasteiger charge is -2.21. The number of aromatic amines is 1. The second-order valence-corrected chi connectivity index (χ2v) is 5.23. The highest BCUT2D eigenvalue weighted by Crippen LogP contribution is 2.14. The van der Waals surface area contributed by atoms with E-state index in [0.29, 0.717) is 23.9 Å². The van der Waals surface area contributed by atoms with Crippen molar-refractivity contribution in [2.24, 2.45) is 0 Å². The van der Waals surface area contributed by atoms with Crippen molar-refractivity contribution in [1.29, 1.82) is 0 Å². The highest BCUT2D eigenvalue weighted by molar-refractivity contribution is 5.77. The van der Waals surface area contributed by atoms with Gasteiger partial charge in [0, 0.05) is 19.5 Å². The Morgan fingerprint density at radius 2 is 1.95 bits per heavy atom. The maximum Gasteiger partial charge on any atom is 0.417 e. The number of aromatic nitrogens is 1. The number of nitrogens with zero attached hydrogens (tertiary/aromatic N) is 1. The predicted molar refractivity (Wildman–Crippen MR) is 82.3 cm³/mol. The molecular formula is C16H22N2O3. The summed E-state index contributed by atoms with van der Waals surface area (Å²) >= 11 is 0. The maximum absolute atomic E-state index is 12.2. The quantitative estimate of drug-likeness (QED) is 0.852. The van der Waals surface area contributed by atoms with Crippen LogP contribution in [0.1, 0.15) is 38.7 Å². The molecule has 0 radical (unpaired) electrons. The Morgan fingerprint density at radius 1 is 1.24 bits per heavy atom.